The number of rotatable bonds is 1. The van der Waals surface area contributed by atoms with E-state index in [0.717, 1.165) is 18.7 Å². The van der Waals surface area contributed by atoms with E-state index in [0.29, 0.717) is 16.6 Å². The number of fused-ring (bicyclic) bond motifs is 1. The van der Waals surface area contributed by atoms with Gasteiger partial charge in [-0.25, -0.2) is 0 Å². The molecule has 3 rings (SSSR count). The molecular formula is C15H13ClN2S. The second kappa shape index (κ2) is 4.88. The number of hydrogen-bond donors (Lipinski definition) is 0. The van der Waals surface area contributed by atoms with Gasteiger partial charge in [0.15, 0.2) is 0 Å². The molecule has 0 N–H and O–H groups in total. The first-order valence-corrected chi connectivity index (χ1v) is 7.49. The van der Waals surface area contributed by atoms with Gasteiger partial charge in [-0.3, -0.25) is 0 Å². The highest BCUT2D eigenvalue weighted by Gasteiger charge is 2.26. The summed E-state index contributed by atoms with van der Waals surface area (Å²) in [7, 11) is 0. The van der Waals surface area contributed by atoms with Crippen LogP contribution in [0, 0.1) is 11.3 Å². The smallest absolute Gasteiger partial charge is 0.101 e. The number of hydrogen-bond acceptors (Lipinski definition) is 3. The van der Waals surface area contributed by atoms with Crippen molar-refractivity contribution in [3.63, 3.8) is 0 Å². The molecular weight excluding hydrogens is 276 g/mol. The number of anilines is 1. The highest BCUT2D eigenvalue weighted by Crippen LogP contribution is 2.37. The number of benzene rings is 1. The van der Waals surface area contributed by atoms with E-state index in [-0.39, 0.29) is 0 Å². The molecule has 2 aromatic rings. The summed E-state index contributed by atoms with van der Waals surface area (Å²) in [5, 5.41) is 12.0. The molecule has 0 radical (unpaired) electrons. The molecule has 0 bridgehead atoms. The highest BCUT2D eigenvalue weighted by atomic mass is 35.5. The van der Waals surface area contributed by atoms with Gasteiger partial charge in [-0.05, 0) is 48.6 Å². The average molecular weight is 289 g/mol. The van der Waals surface area contributed by atoms with Gasteiger partial charge in [-0.15, -0.1) is 11.3 Å². The summed E-state index contributed by atoms with van der Waals surface area (Å²) in [5.41, 5.74) is 3.02. The minimum Gasteiger partial charge on any atom is -0.363 e. The maximum absolute atomic E-state index is 9.28. The summed E-state index contributed by atoms with van der Waals surface area (Å²) >= 11 is 7.79. The van der Waals surface area contributed by atoms with E-state index in [4.69, 9.17) is 11.6 Å². The molecule has 0 saturated heterocycles. The lowest BCUT2D eigenvalue weighted by molar-refractivity contribution is 0.632. The van der Waals surface area contributed by atoms with E-state index in [1.165, 1.54) is 10.4 Å². The second-order valence-corrected chi connectivity index (χ2v) is 6.13. The fraction of sp³-hybridized carbons (Fsp3) is 0.267. The minimum atomic E-state index is 0.309. The van der Waals surface area contributed by atoms with Gasteiger partial charge < -0.3 is 4.90 Å². The van der Waals surface area contributed by atoms with Gasteiger partial charge in [-0.1, -0.05) is 11.6 Å². The summed E-state index contributed by atoms with van der Waals surface area (Å²) in [6.45, 7) is 3.14. The lowest BCUT2D eigenvalue weighted by Gasteiger charge is -2.36. The summed E-state index contributed by atoms with van der Waals surface area (Å²) in [6, 6.07) is 10.3. The molecule has 0 aliphatic carbocycles. The molecule has 2 heterocycles. The van der Waals surface area contributed by atoms with Crippen LogP contribution in [0.15, 0.2) is 29.6 Å². The molecule has 1 unspecified atom stereocenters. The van der Waals surface area contributed by atoms with Crippen LogP contribution in [0.25, 0.3) is 0 Å². The Bertz CT molecular complexity index is 656. The average Bonchev–Trinajstić information content (AvgIpc) is 2.89. The fourth-order valence-electron chi connectivity index (χ4n) is 2.69. The maximum Gasteiger partial charge on any atom is 0.101 e. The molecule has 19 heavy (non-hydrogen) atoms. The van der Waals surface area contributed by atoms with Crippen molar-refractivity contribution in [1.29, 1.82) is 5.26 Å². The Labute approximate surface area is 121 Å². The Hall–Kier alpha value is -1.50. The number of thiophene rings is 1. The van der Waals surface area contributed by atoms with Crippen LogP contribution in [-0.4, -0.2) is 6.54 Å². The van der Waals surface area contributed by atoms with E-state index in [9.17, 15) is 5.26 Å². The SMILES string of the molecule is CC1c2ccsc2CCN1c1ccc(Cl)cc1C#N. The Morgan fingerprint density at radius 1 is 1.42 bits per heavy atom. The van der Waals surface area contributed by atoms with Gasteiger partial charge in [0.1, 0.15) is 6.07 Å². The largest absolute Gasteiger partial charge is 0.363 e. The van der Waals surface area contributed by atoms with Gasteiger partial charge >= 0.3 is 0 Å². The fourth-order valence-corrected chi connectivity index (χ4v) is 3.82. The lowest BCUT2D eigenvalue weighted by atomic mass is 9.99. The van der Waals surface area contributed by atoms with Crippen LogP contribution in [0.3, 0.4) is 0 Å². The molecule has 4 heteroatoms. The van der Waals surface area contributed by atoms with Crippen LogP contribution < -0.4 is 4.90 Å². The zero-order valence-corrected chi connectivity index (χ0v) is 12.1. The van der Waals surface area contributed by atoms with Crippen molar-refractivity contribution in [3.8, 4) is 6.07 Å². The molecule has 2 nitrogen and oxygen atoms in total. The lowest BCUT2D eigenvalue weighted by Crippen LogP contribution is -2.33. The predicted octanol–water partition coefficient (Wildman–Crippen LogP) is 4.40. The third-order valence-electron chi connectivity index (χ3n) is 3.67. The van der Waals surface area contributed by atoms with Crippen molar-refractivity contribution in [1.82, 2.24) is 0 Å². The third kappa shape index (κ3) is 2.11. The van der Waals surface area contributed by atoms with Crippen LogP contribution in [0.1, 0.15) is 29.0 Å². The molecule has 1 aliphatic rings. The molecule has 1 atom stereocenters. The standard InChI is InChI=1S/C15H13ClN2S/c1-10-13-5-7-19-15(13)4-6-18(10)14-3-2-12(16)8-11(14)9-17/h2-3,5,7-8,10H,4,6H2,1H3. The Balaban J connectivity index is 2.03. The molecule has 0 fully saturated rings. The first kappa shape index (κ1) is 12.5. The number of nitrogens with zero attached hydrogens (tertiary/aromatic N) is 2. The van der Waals surface area contributed by atoms with Crippen molar-refractivity contribution in [2.75, 3.05) is 11.4 Å². The van der Waals surface area contributed by atoms with Gasteiger partial charge in [-0.2, -0.15) is 5.26 Å². The molecule has 0 amide bonds. The van der Waals surface area contributed by atoms with E-state index >= 15 is 0 Å². The Morgan fingerprint density at radius 3 is 3.05 bits per heavy atom. The van der Waals surface area contributed by atoms with E-state index in [1.54, 1.807) is 6.07 Å². The van der Waals surface area contributed by atoms with Gasteiger partial charge in [0.25, 0.3) is 0 Å². The quantitative estimate of drug-likeness (QED) is 0.778. The number of nitriles is 1. The van der Waals surface area contributed by atoms with E-state index in [1.807, 2.05) is 23.5 Å². The second-order valence-electron chi connectivity index (χ2n) is 4.69. The summed E-state index contributed by atoms with van der Waals surface area (Å²) < 4.78 is 0. The molecule has 1 aliphatic heterocycles. The van der Waals surface area contributed by atoms with E-state index in [2.05, 4.69) is 29.3 Å². The Kier molecular flexibility index (Phi) is 3.22. The van der Waals surface area contributed by atoms with Crippen molar-refractivity contribution in [2.45, 2.75) is 19.4 Å². The van der Waals surface area contributed by atoms with Crippen molar-refractivity contribution in [3.05, 3.63) is 50.7 Å². The first-order valence-electron chi connectivity index (χ1n) is 6.23. The molecule has 96 valence electrons. The van der Waals surface area contributed by atoms with Crippen LogP contribution in [0.5, 0.6) is 0 Å². The maximum atomic E-state index is 9.28. The summed E-state index contributed by atoms with van der Waals surface area (Å²) in [5.74, 6) is 0. The number of halogens is 1. The van der Waals surface area contributed by atoms with Crippen molar-refractivity contribution >= 4 is 28.6 Å². The van der Waals surface area contributed by atoms with Gasteiger partial charge in [0.05, 0.1) is 17.3 Å². The highest BCUT2D eigenvalue weighted by molar-refractivity contribution is 7.10. The third-order valence-corrected chi connectivity index (χ3v) is 4.90. The van der Waals surface area contributed by atoms with Crippen LogP contribution in [-0.2, 0) is 6.42 Å². The van der Waals surface area contributed by atoms with Crippen LogP contribution >= 0.6 is 22.9 Å². The monoisotopic (exact) mass is 288 g/mol. The molecule has 0 saturated carbocycles. The molecule has 0 spiro atoms. The zero-order chi connectivity index (χ0) is 13.4. The Morgan fingerprint density at radius 2 is 2.26 bits per heavy atom. The molecule has 1 aromatic carbocycles. The topological polar surface area (TPSA) is 27.0 Å². The van der Waals surface area contributed by atoms with E-state index < -0.39 is 0 Å². The first-order chi connectivity index (χ1) is 9.20. The molecule has 1 aromatic heterocycles. The summed E-state index contributed by atoms with van der Waals surface area (Å²) in [6.07, 6.45) is 1.05. The predicted molar refractivity (Wildman–Crippen MR) is 80.0 cm³/mol. The van der Waals surface area contributed by atoms with Crippen molar-refractivity contribution < 1.29 is 0 Å². The minimum absolute atomic E-state index is 0.309. The van der Waals surface area contributed by atoms with Gasteiger partial charge in [0.2, 0.25) is 0 Å². The summed E-state index contributed by atoms with van der Waals surface area (Å²) in [4.78, 5) is 3.76. The van der Waals surface area contributed by atoms with Gasteiger partial charge in [0, 0.05) is 16.4 Å². The zero-order valence-electron chi connectivity index (χ0n) is 10.6. The van der Waals surface area contributed by atoms with Crippen molar-refractivity contribution in [2.24, 2.45) is 0 Å². The van der Waals surface area contributed by atoms with Crippen LogP contribution in [0.2, 0.25) is 5.02 Å². The normalized spacial score (nSPS) is 17.9. The van der Waals surface area contributed by atoms with Crippen LogP contribution in [0.4, 0.5) is 5.69 Å².